The van der Waals surface area contributed by atoms with Gasteiger partial charge in [-0.1, -0.05) is 6.07 Å². The van der Waals surface area contributed by atoms with E-state index in [1.54, 1.807) is 18.3 Å². The Bertz CT molecular complexity index is 707. The molecule has 122 valence electrons. The van der Waals surface area contributed by atoms with Crippen molar-refractivity contribution in [2.24, 2.45) is 0 Å². The van der Waals surface area contributed by atoms with Crippen LogP contribution < -0.4 is 4.74 Å². The van der Waals surface area contributed by atoms with Crippen LogP contribution in [-0.4, -0.2) is 21.8 Å². The van der Waals surface area contributed by atoms with Gasteiger partial charge in [0.05, 0.1) is 12.2 Å². The summed E-state index contributed by atoms with van der Waals surface area (Å²) in [7, 11) is 0. The minimum atomic E-state index is 0.133. The molecule has 1 aromatic carbocycles. The number of benzene rings is 1. The Balaban J connectivity index is 1.58. The van der Waals surface area contributed by atoms with E-state index in [2.05, 4.69) is 31.0 Å². The SMILES string of the molecule is CC(=O)N(Cc1csc(COc2ccc(C)c(C)c2)n1)C1CC1. The van der Waals surface area contributed by atoms with E-state index in [1.165, 1.54) is 11.1 Å². The number of ether oxygens (including phenoxy) is 1. The second-order valence-corrected chi connectivity index (χ2v) is 7.09. The van der Waals surface area contributed by atoms with Crippen molar-refractivity contribution in [2.45, 2.75) is 52.8 Å². The molecule has 5 heteroatoms. The summed E-state index contributed by atoms with van der Waals surface area (Å²) in [6.45, 7) is 6.88. The van der Waals surface area contributed by atoms with Crippen LogP contribution in [0.2, 0.25) is 0 Å². The van der Waals surface area contributed by atoms with Gasteiger partial charge in [-0.3, -0.25) is 4.79 Å². The molecule has 1 aliphatic carbocycles. The average molecular weight is 330 g/mol. The second kappa shape index (κ2) is 6.71. The Labute approximate surface area is 141 Å². The van der Waals surface area contributed by atoms with Gasteiger partial charge in [0.15, 0.2) is 0 Å². The molecule has 1 heterocycles. The van der Waals surface area contributed by atoms with Crippen LogP contribution in [0.25, 0.3) is 0 Å². The van der Waals surface area contributed by atoms with Gasteiger partial charge in [-0.2, -0.15) is 0 Å². The van der Waals surface area contributed by atoms with E-state index in [0.717, 1.165) is 29.3 Å². The van der Waals surface area contributed by atoms with Gasteiger partial charge in [-0.05, 0) is 49.9 Å². The number of aromatic nitrogens is 1. The summed E-state index contributed by atoms with van der Waals surface area (Å²) in [4.78, 5) is 18.2. The number of carbonyl (C=O) groups excluding carboxylic acids is 1. The van der Waals surface area contributed by atoms with Crippen LogP contribution >= 0.6 is 11.3 Å². The Morgan fingerprint density at radius 3 is 2.78 bits per heavy atom. The third kappa shape index (κ3) is 4.10. The number of hydrogen-bond donors (Lipinski definition) is 0. The zero-order chi connectivity index (χ0) is 16.4. The average Bonchev–Trinajstić information content (AvgIpc) is 3.25. The predicted molar refractivity (Wildman–Crippen MR) is 91.6 cm³/mol. The van der Waals surface area contributed by atoms with Crippen LogP contribution in [0, 0.1) is 13.8 Å². The Kier molecular flexibility index (Phi) is 4.66. The normalized spacial score (nSPS) is 13.9. The van der Waals surface area contributed by atoms with Crippen molar-refractivity contribution in [3.8, 4) is 5.75 Å². The van der Waals surface area contributed by atoms with Crippen LogP contribution in [0.3, 0.4) is 0 Å². The van der Waals surface area contributed by atoms with Crippen molar-refractivity contribution in [1.82, 2.24) is 9.88 Å². The van der Waals surface area contributed by atoms with Crippen molar-refractivity contribution >= 4 is 17.2 Å². The monoisotopic (exact) mass is 330 g/mol. The molecule has 1 saturated carbocycles. The molecule has 1 aromatic heterocycles. The van der Waals surface area contributed by atoms with Gasteiger partial charge in [0.25, 0.3) is 0 Å². The number of nitrogens with zero attached hydrogens (tertiary/aromatic N) is 2. The highest BCUT2D eigenvalue weighted by molar-refractivity contribution is 7.09. The summed E-state index contributed by atoms with van der Waals surface area (Å²) in [6.07, 6.45) is 2.24. The molecule has 0 unspecified atom stereocenters. The van der Waals surface area contributed by atoms with Gasteiger partial charge in [0.1, 0.15) is 17.4 Å². The maximum absolute atomic E-state index is 11.7. The first-order valence-corrected chi connectivity index (χ1v) is 8.81. The largest absolute Gasteiger partial charge is 0.486 e. The van der Waals surface area contributed by atoms with Crippen molar-refractivity contribution in [1.29, 1.82) is 0 Å². The molecule has 0 bridgehead atoms. The van der Waals surface area contributed by atoms with Crippen LogP contribution in [0.1, 0.15) is 41.6 Å². The fourth-order valence-corrected chi connectivity index (χ4v) is 3.19. The van der Waals surface area contributed by atoms with E-state index in [0.29, 0.717) is 19.2 Å². The summed E-state index contributed by atoms with van der Waals surface area (Å²) in [5.41, 5.74) is 3.44. The van der Waals surface area contributed by atoms with Crippen molar-refractivity contribution < 1.29 is 9.53 Å². The van der Waals surface area contributed by atoms with E-state index >= 15 is 0 Å². The van der Waals surface area contributed by atoms with E-state index in [9.17, 15) is 4.79 Å². The minimum absolute atomic E-state index is 0.133. The Hall–Kier alpha value is -1.88. The molecular weight excluding hydrogens is 308 g/mol. The molecular formula is C18H22N2O2S. The van der Waals surface area contributed by atoms with Gasteiger partial charge < -0.3 is 9.64 Å². The van der Waals surface area contributed by atoms with Crippen LogP contribution in [-0.2, 0) is 17.9 Å². The van der Waals surface area contributed by atoms with Crippen LogP contribution in [0.15, 0.2) is 23.6 Å². The third-order valence-corrected chi connectivity index (χ3v) is 5.04. The predicted octanol–water partition coefficient (Wildman–Crippen LogP) is 3.85. The van der Waals surface area contributed by atoms with Gasteiger partial charge >= 0.3 is 0 Å². The van der Waals surface area contributed by atoms with Crippen molar-refractivity contribution in [3.63, 3.8) is 0 Å². The summed E-state index contributed by atoms with van der Waals surface area (Å²) >= 11 is 1.59. The zero-order valence-corrected chi connectivity index (χ0v) is 14.7. The number of rotatable bonds is 6. The first kappa shape index (κ1) is 16.0. The van der Waals surface area contributed by atoms with E-state index in [4.69, 9.17) is 4.74 Å². The molecule has 23 heavy (non-hydrogen) atoms. The summed E-state index contributed by atoms with van der Waals surface area (Å²) < 4.78 is 5.82. The molecule has 0 atom stereocenters. The minimum Gasteiger partial charge on any atom is -0.486 e. The zero-order valence-electron chi connectivity index (χ0n) is 13.8. The highest BCUT2D eigenvalue weighted by atomic mass is 32.1. The topological polar surface area (TPSA) is 42.4 Å². The van der Waals surface area contributed by atoms with Gasteiger partial charge in [0.2, 0.25) is 5.91 Å². The molecule has 0 spiro atoms. The molecule has 4 nitrogen and oxygen atoms in total. The standard InChI is InChI=1S/C18H22N2O2S/c1-12-4-7-17(8-13(12)2)22-10-18-19-15(11-23-18)9-20(14(3)21)16-5-6-16/h4,7-8,11,16H,5-6,9-10H2,1-3H3. The molecule has 3 rings (SSSR count). The lowest BCUT2D eigenvalue weighted by Crippen LogP contribution is -2.30. The molecule has 0 saturated heterocycles. The van der Waals surface area contributed by atoms with Gasteiger partial charge in [-0.25, -0.2) is 4.98 Å². The molecule has 1 fully saturated rings. The fraction of sp³-hybridized carbons (Fsp3) is 0.444. The summed E-state index contributed by atoms with van der Waals surface area (Å²) in [6, 6.07) is 6.53. The Morgan fingerprint density at radius 1 is 1.35 bits per heavy atom. The molecule has 0 N–H and O–H groups in total. The lowest BCUT2D eigenvalue weighted by Gasteiger charge is -2.19. The number of carbonyl (C=O) groups is 1. The number of hydrogen-bond acceptors (Lipinski definition) is 4. The maximum Gasteiger partial charge on any atom is 0.220 e. The molecule has 1 aliphatic rings. The van der Waals surface area contributed by atoms with E-state index < -0.39 is 0 Å². The summed E-state index contributed by atoms with van der Waals surface area (Å²) in [5.74, 6) is 1.00. The van der Waals surface area contributed by atoms with E-state index in [1.807, 2.05) is 16.3 Å². The molecule has 0 aliphatic heterocycles. The number of amides is 1. The third-order valence-electron chi connectivity index (χ3n) is 4.16. The molecule has 1 amide bonds. The lowest BCUT2D eigenvalue weighted by molar-refractivity contribution is -0.130. The number of aryl methyl sites for hydroxylation is 2. The lowest BCUT2D eigenvalue weighted by atomic mass is 10.1. The highest BCUT2D eigenvalue weighted by Crippen LogP contribution is 2.28. The second-order valence-electron chi connectivity index (χ2n) is 6.15. The molecule has 0 radical (unpaired) electrons. The quantitative estimate of drug-likeness (QED) is 0.808. The van der Waals surface area contributed by atoms with Gasteiger partial charge in [0, 0.05) is 18.3 Å². The van der Waals surface area contributed by atoms with E-state index in [-0.39, 0.29) is 5.91 Å². The summed E-state index contributed by atoms with van der Waals surface area (Å²) in [5, 5.41) is 2.97. The van der Waals surface area contributed by atoms with Crippen LogP contribution in [0.5, 0.6) is 5.75 Å². The Morgan fingerprint density at radius 2 is 2.13 bits per heavy atom. The number of thiazole rings is 1. The van der Waals surface area contributed by atoms with Crippen molar-refractivity contribution in [3.05, 3.63) is 45.4 Å². The molecule has 2 aromatic rings. The highest BCUT2D eigenvalue weighted by Gasteiger charge is 2.31. The van der Waals surface area contributed by atoms with Gasteiger partial charge in [-0.15, -0.1) is 11.3 Å². The first-order valence-electron chi connectivity index (χ1n) is 7.93. The first-order chi connectivity index (χ1) is 11.0. The fourth-order valence-electron chi connectivity index (χ4n) is 2.49. The van der Waals surface area contributed by atoms with Crippen LogP contribution in [0.4, 0.5) is 0 Å². The smallest absolute Gasteiger partial charge is 0.220 e. The maximum atomic E-state index is 11.7. The van der Waals surface area contributed by atoms with Crippen molar-refractivity contribution in [2.75, 3.05) is 0 Å².